The molecule has 0 unspecified atom stereocenters. The zero-order chi connectivity index (χ0) is 20.4. The Morgan fingerprint density at radius 1 is 1.14 bits per heavy atom. The highest BCUT2D eigenvalue weighted by Gasteiger charge is 2.19. The van der Waals surface area contributed by atoms with Crippen molar-refractivity contribution >= 4 is 35.3 Å². The molecule has 4 nitrogen and oxygen atoms in total. The molecule has 0 atom stereocenters. The molecule has 0 aromatic heterocycles. The molecule has 0 spiro atoms. The highest BCUT2D eigenvalue weighted by molar-refractivity contribution is 6.36. The summed E-state index contributed by atoms with van der Waals surface area (Å²) in [6, 6.07) is 12.9. The van der Waals surface area contributed by atoms with Gasteiger partial charge in [0.25, 0.3) is 5.91 Å². The van der Waals surface area contributed by atoms with Gasteiger partial charge in [0.1, 0.15) is 5.75 Å². The lowest BCUT2D eigenvalue weighted by molar-refractivity contribution is 0.0956. The minimum absolute atomic E-state index is 0.117. The zero-order valence-electron chi connectivity index (χ0n) is 15.8. The molecular weight excluding hydrogens is 395 g/mol. The molecule has 0 saturated carbocycles. The van der Waals surface area contributed by atoms with E-state index in [0.717, 1.165) is 22.3 Å². The Hall–Kier alpha value is -2.56. The average molecular weight is 415 g/mol. The molecule has 6 heteroatoms. The third-order valence-corrected chi connectivity index (χ3v) is 5.07. The summed E-state index contributed by atoms with van der Waals surface area (Å²) in [5.74, 6) is -0.134. The van der Waals surface area contributed by atoms with Crippen molar-refractivity contribution in [1.82, 2.24) is 5.43 Å². The second kappa shape index (κ2) is 8.21. The van der Waals surface area contributed by atoms with Crippen molar-refractivity contribution in [2.24, 2.45) is 5.10 Å². The van der Waals surface area contributed by atoms with Crippen molar-refractivity contribution in [2.75, 3.05) is 0 Å². The van der Waals surface area contributed by atoms with Crippen molar-refractivity contribution in [3.05, 3.63) is 74.8 Å². The number of nitrogens with one attached hydrogen (secondary N) is 1. The topological polar surface area (TPSA) is 61.7 Å². The monoisotopic (exact) mass is 414 g/mol. The number of halogens is 2. The lowest BCUT2D eigenvalue weighted by atomic mass is 10.0. The summed E-state index contributed by atoms with van der Waals surface area (Å²) in [4.78, 5) is 12.7. The number of phenols is 1. The molecule has 0 bridgehead atoms. The van der Waals surface area contributed by atoms with Crippen LogP contribution in [0.2, 0.25) is 10.0 Å². The second-order valence-corrected chi connectivity index (χ2v) is 7.76. The summed E-state index contributed by atoms with van der Waals surface area (Å²) in [6.45, 7) is 6.20. The predicted octanol–water partition coefficient (Wildman–Crippen LogP) is 6.00. The van der Waals surface area contributed by atoms with Crippen LogP contribution >= 0.6 is 23.2 Å². The van der Waals surface area contributed by atoms with Crippen LogP contribution in [-0.2, 0) is 0 Å². The Labute approximate surface area is 174 Å². The number of amides is 1. The summed E-state index contributed by atoms with van der Waals surface area (Å²) in [6.07, 6.45) is 1.31. The average Bonchev–Trinajstić information content (AvgIpc) is 2.81. The van der Waals surface area contributed by atoms with Crippen LogP contribution in [0, 0.1) is 6.92 Å². The van der Waals surface area contributed by atoms with Gasteiger partial charge in [-0.25, -0.2) is 5.43 Å². The molecule has 2 aliphatic carbocycles. The van der Waals surface area contributed by atoms with Gasteiger partial charge in [-0.05, 0) is 53.3 Å². The van der Waals surface area contributed by atoms with Crippen molar-refractivity contribution in [1.29, 1.82) is 0 Å². The second-order valence-electron chi connectivity index (χ2n) is 6.92. The molecule has 2 aliphatic rings. The van der Waals surface area contributed by atoms with E-state index in [-0.39, 0.29) is 16.7 Å². The van der Waals surface area contributed by atoms with Crippen LogP contribution in [0.4, 0.5) is 0 Å². The fourth-order valence-electron chi connectivity index (χ4n) is 3.03. The molecule has 1 aromatic carbocycles. The highest BCUT2D eigenvalue weighted by atomic mass is 35.5. The number of nitrogens with zero attached hydrogens (tertiary/aromatic N) is 1. The van der Waals surface area contributed by atoms with Crippen LogP contribution in [0.5, 0.6) is 5.75 Å². The van der Waals surface area contributed by atoms with Crippen LogP contribution in [0.1, 0.15) is 46.8 Å². The molecule has 0 radical (unpaired) electrons. The van der Waals surface area contributed by atoms with E-state index < -0.39 is 0 Å². The lowest BCUT2D eigenvalue weighted by Crippen LogP contribution is -2.17. The summed E-state index contributed by atoms with van der Waals surface area (Å²) >= 11 is 11.8. The smallest absolute Gasteiger partial charge is 0.272 e. The molecule has 0 aliphatic heterocycles. The van der Waals surface area contributed by atoms with Crippen molar-refractivity contribution in [2.45, 2.75) is 26.7 Å². The van der Waals surface area contributed by atoms with E-state index in [1.165, 1.54) is 18.3 Å². The van der Waals surface area contributed by atoms with Crippen LogP contribution in [0.3, 0.4) is 0 Å². The minimum atomic E-state index is -0.331. The maximum atomic E-state index is 12.7. The van der Waals surface area contributed by atoms with Crippen LogP contribution in [0.25, 0.3) is 11.1 Å². The Morgan fingerprint density at radius 3 is 2.61 bits per heavy atom. The van der Waals surface area contributed by atoms with E-state index in [2.05, 4.69) is 30.4 Å². The number of carbonyl (C=O) groups is 1. The van der Waals surface area contributed by atoms with Crippen LogP contribution in [-0.4, -0.2) is 17.2 Å². The van der Waals surface area contributed by atoms with E-state index in [4.69, 9.17) is 23.2 Å². The number of benzene rings is 1. The van der Waals surface area contributed by atoms with Gasteiger partial charge in [-0.1, -0.05) is 61.3 Å². The minimum Gasteiger partial charge on any atom is -0.506 e. The first-order valence-corrected chi connectivity index (χ1v) is 9.58. The number of rotatable bonds is 4. The van der Waals surface area contributed by atoms with Crippen LogP contribution < -0.4 is 5.43 Å². The molecule has 2 N–H and O–H groups in total. The first-order chi connectivity index (χ1) is 13.3. The van der Waals surface area contributed by atoms with Gasteiger partial charge < -0.3 is 5.11 Å². The lowest BCUT2D eigenvalue weighted by Gasteiger charge is -2.05. The Morgan fingerprint density at radius 2 is 1.89 bits per heavy atom. The SMILES string of the molecule is Cc1cc(C(=O)N/N=C/c2cc(Cl)cc(Cl)c2O)c2cc(C(C)C)cccc1-2. The third kappa shape index (κ3) is 4.13. The molecule has 0 heterocycles. The number of hydrogen-bond acceptors (Lipinski definition) is 3. The van der Waals surface area contributed by atoms with E-state index in [0.29, 0.717) is 22.1 Å². The zero-order valence-corrected chi connectivity index (χ0v) is 17.3. The highest BCUT2D eigenvalue weighted by Crippen LogP contribution is 2.33. The first kappa shape index (κ1) is 20.2. The van der Waals surface area contributed by atoms with Crippen LogP contribution in [0.15, 0.2) is 47.6 Å². The van der Waals surface area contributed by atoms with E-state index in [1.54, 1.807) is 0 Å². The molecule has 0 fully saturated rings. The van der Waals surface area contributed by atoms with Gasteiger partial charge >= 0.3 is 0 Å². The van der Waals surface area contributed by atoms with E-state index in [9.17, 15) is 9.90 Å². The quantitative estimate of drug-likeness (QED) is 0.406. The number of phenolic OH excluding ortho intramolecular Hbond substituents is 1. The standard InChI is InChI=1S/C22H20Cl2N2O2/c1-12(2)14-5-4-6-17-13(3)7-19(18(17)9-14)22(28)26-25-11-15-8-16(23)10-20(24)21(15)27/h4-12,27H,1-3H3,(H,26,28)/b25-11+. The molecular formula is C22H20Cl2N2O2. The fraction of sp³-hybridized carbons (Fsp3) is 0.182. The number of carbonyl (C=O) groups excluding carboxylic acids is 1. The molecule has 1 aromatic rings. The Bertz CT molecular complexity index is 1040. The van der Waals surface area contributed by atoms with Gasteiger partial charge in [-0.3, -0.25) is 4.79 Å². The maximum Gasteiger partial charge on any atom is 0.272 e. The Balaban J connectivity index is 1.89. The van der Waals surface area contributed by atoms with Gasteiger partial charge in [-0.2, -0.15) is 5.10 Å². The van der Waals surface area contributed by atoms with Gasteiger partial charge in [0.05, 0.1) is 11.2 Å². The van der Waals surface area contributed by atoms with Gasteiger partial charge in [0, 0.05) is 16.1 Å². The van der Waals surface area contributed by atoms with Crippen molar-refractivity contribution in [3.8, 4) is 16.9 Å². The molecule has 1 amide bonds. The number of hydrazone groups is 1. The third-order valence-electron chi connectivity index (χ3n) is 4.57. The predicted molar refractivity (Wildman–Crippen MR) is 115 cm³/mol. The number of aromatic hydroxyl groups is 1. The van der Waals surface area contributed by atoms with E-state index >= 15 is 0 Å². The summed E-state index contributed by atoms with van der Waals surface area (Å²) in [5, 5.41) is 14.4. The maximum absolute atomic E-state index is 12.7. The number of fused-ring (bicyclic) bond motifs is 1. The number of aryl methyl sites for hydroxylation is 1. The molecule has 28 heavy (non-hydrogen) atoms. The van der Waals surface area contributed by atoms with E-state index in [1.807, 2.05) is 31.2 Å². The summed E-state index contributed by atoms with van der Waals surface area (Å²) < 4.78 is 0. The summed E-state index contributed by atoms with van der Waals surface area (Å²) in [7, 11) is 0. The Kier molecular flexibility index (Phi) is 5.92. The fourth-order valence-corrected chi connectivity index (χ4v) is 3.54. The van der Waals surface area contributed by atoms with Gasteiger partial charge in [0.15, 0.2) is 0 Å². The molecule has 144 valence electrons. The molecule has 0 saturated heterocycles. The largest absolute Gasteiger partial charge is 0.506 e. The number of hydrogen-bond donors (Lipinski definition) is 2. The van der Waals surface area contributed by atoms with Gasteiger partial charge in [0.2, 0.25) is 0 Å². The summed E-state index contributed by atoms with van der Waals surface area (Å²) in [5.41, 5.74) is 7.46. The first-order valence-electron chi connectivity index (χ1n) is 8.82. The van der Waals surface area contributed by atoms with Crippen molar-refractivity contribution in [3.63, 3.8) is 0 Å². The van der Waals surface area contributed by atoms with Gasteiger partial charge in [-0.15, -0.1) is 0 Å². The van der Waals surface area contributed by atoms with Crippen molar-refractivity contribution < 1.29 is 9.90 Å². The molecule has 3 rings (SSSR count). The normalized spacial score (nSPS) is 11.5.